The second kappa shape index (κ2) is 9.19. The largest absolute Gasteiger partial charge is 0.476 e. The van der Waals surface area contributed by atoms with Gasteiger partial charge in [0.25, 0.3) is 0 Å². The third kappa shape index (κ3) is 5.20. The van der Waals surface area contributed by atoms with Crippen molar-refractivity contribution in [2.24, 2.45) is 5.92 Å². The highest BCUT2D eigenvalue weighted by molar-refractivity contribution is 7.89. The molecule has 1 aromatic rings. The van der Waals surface area contributed by atoms with E-state index in [0.29, 0.717) is 50.1 Å². The number of hydrogen-bond acceptors (Lipinski definition) is 8. The highest BCUT2D eigenvalue weighted by Gasteiger charge is 2.49. The molecule has 0 spiro atoms. The van der Waals surface area contributed by atoms with E-state index in [1.807, 2.05) is 14.1 Å². The minimum Gasteiger partial charge on any atom is -0.476 e. The van der Waals surface area contributed by atoms with Crippen LogP contribution in [0.5, 0.6) is 5.88 Å². The van der Waals surface area contributed by atoms with Gasteiger partial charge in [0, 0.05) is 37.3 Å². The van der Waals surface area contributed by atoms with E-state index in [1.165, 1.54) is 38.8 Å². The molecule has 0 amide bonds. The fourth-order valence-electron chi connectivity index (χ4n) is 5.38. The zero-order chi connectivity index (χ0) is 24.0. The number of piperidine rings is 1. The number of ether oxygens (including phenoxy) is 1. The molecule has 2 aliphatic heterocycles. The first-order valence-corrected chi connectivity index (χ1v) is 14.4. The van der Waals surface area contributed by atoms with Gasteiger partial charge in [0.15, 0.2) is 0 Å². The quantitative estimate of drug-likeness (QED) is 0.515. The molecule has 1 aromatic heterocycles. The molecule has 34 heavy (non-hydrogen) atoms. The number of likely N-dealkylation sites (tertiary alicyclic amines) is 1. The van der Waals surface area contributed by atoms with Crippen LogP contribution in [0, 0.1) is 5.92 Å². The van der Waals surface area contributed by atoms with Crippen LogP contribution in [0.1, 0.15) is 45.4 Å². The lowest BCUT2D eigenvalue weighted by Crippen LogP contribution is -2.51. The molecule has 0 N–H and O–H groups in total. The van der Waals surface area contributed by atoms with Gasteiger partial charge in [-0.15, -0.1) is 0 Å². The van der Waals surface area contributed by atoms with Crippen LogP contribution in [-0.4, -0.2) is 109 Å². The Morgan fingerprint density at radius 3 is 2.21 bits per heavy atom. The zero-order valence-corrected chi connectivity index (χ0v) is 21.8. The number of rotatable bonds is 9. The Labute approximate surface area is 204 Å². The van der Waals surface area contributed by atoms with E-state index in [4.69, 9.17) is 4.74 Å². The van der Waals surface area contributed by atoms with Crippen LogP contribution in [0.2, 0.25) is 0 Å². The summed E-state index contributed by atoms with van der Waals surface area (Å²) in [6, 6.07) is 0. The van der Waals surface area contributed by atoms with Crippen molar-refractivity contribution in [1.82, 2.24) is 24.1 Å². The Morgan fingerprint density at radius 1 is 1.00 bits per heavy atom. The maximum absolute atomic E-state index is 12.9. The zero-order valence-electron chi connectivity index (χ0n) is 20.9. The number of anilines is 1. The van der Waals surface area contributed by atoms with E-state index < -0.39 is 10.0 Å². The molecule has 3 heterocycles. The number of sulfonamides is 1. The van der Waals surface area contributed by atoms with Gasteiger partial charge in [-0.25, -0.2) is 18.4 Å². The van der Waals surface area contributed by atoms with Crippen molar-refractivity contribution >= 4 is 15.8 Å². The third-order valence-electron chi connectivity index (χ3n) is 8.62. The number of nitrogens with zero attached hydrogens (tertiary/aromatic N) is 6. The van der Waals surface area contributed by atoms with Crippen LogP contribution in [0.4, 0.5) is 5.82 Å². The molecular weight excluding hydrogens is 452 g/mol. The monoisotopic (exact) mass is 492 g/mol. The fourth-order valence-corrected chi connectivity index (χ4v) is 7.51. The molecule has 4 aliphatic rings. The molecule has 9 nitrogen and oxygen atoms in total. The summed E-state index contributed by atoms with van der Waals surface area (Å²) in [6.07, 6.45) is 10.4. The minimum atomic E-state index is -3.26. The normalized spacial score (nSPS) is 25.5. The van der Waals surface area contributed by atoms with Gasteiger partial charge in [-0.1, -0.05) is 0 Å². The second-order valence-electron chi connectivity index (χ2n) is 11.2. The summed E-state index contributed by atoms with van der Waals surface area (Å²) in [4.78, 5) is 15.8. The average Bonchev–Trinajstić information content (AvgIpc) is 3.77. The summed E-state index contributed by atoms with van der Waals surface area (Å²) in [5.74, 6) is 2.15. The topological polar surface area (TPSA) is 82.1 Å². The molecular formula is C24H40N6O3S. The lowest BCUT2D eigenvalue weighted by atomic mass is 9.96. The Morgan fingerprint density at radius 2 is 1.68 bits per heavy atom. The van der Waals surface area contributed by atoms with Crippen molar-refractivity contribution < 1.29 is 13.2 Å². The van der Waals surface area contributed by atoms with Crippen LogP contribution in [0.3, 0.4) is 0 Å². The average molecular weight is 493 g/mol. The molecule has 0 atom stereocenters. The van der Waals surface area contributed by atoms with E-state index >= 15 is 0 Å². The lowest BCUT2D eigenvalue weighted by molar-refractivity contribution is 0.101. The number of piperazine rings is 1. The maximum Gasteiger partial charge on any atom is 0.232 e. The first kappa shape index (κ1) is 24.2. The first-order chi connectivity index (χ1) is 16.2. The summed E-state index contributed by atoms with van der Waals surface area (Å²) in [5.41, 5.74) is 0.318. The van der Waals surface area contributed by atoms with Gasteiger partial charge in [-0.3, -0.25) is 4.90 Å². The summed E-state index contributed by atoms with van der Waals surface area (Å²) in [5, 5.41) is 0. The Kier molecular flexibility index (Phi) is 6.54. The van der Waals surface area contributed by atoms with E-state index in [-0.39, 0.29) is 11.3 Å². The molecule has 5 rings (SSSR count). The third-order valence-corrected chi connectivity index (χ3v) is 10.7. The molecule has 10 heteroatoms. The van der Waals surface area contributed by atoms with Crippen LogP contribution >= 0.6 is 0 Å². The molecule has 2 saturated carbocycles. The molecule has 2 saturated heterocycles. The van der Waals surface area contributed by atoms with Crippen LogP contribution < -0.4 is 9.64 Å². The van der Waals surface area contributed by atoms with Gasteiger partial charge in [0.1, 0.15) is 5.82 Å². The van der Waals surface area contributed by atoms with E-state index in [1.54, 1.807) is 16.7 Å². The summed E-state index contributed by atoms with van der Waals surface area (Å²) in [7, 11) is 0.697. The lowest BCUT2D eigenvalue weighted by Gasteiger charge is -2.36. The van der Waals surface area contributed by atoms with Gasteiger partial charge in [-0.2, -0.15) is 4.31 Å². The molecule has 0 unspecified atom stereocenters. The summed E-state index contributed by atoms with van der Waals surface area (Å²) in [6.45, 7) is 7.66. The number of aromatic nitrogens is 2. The molecule has 2 aliphatic carbocycles. The first-order valence-electron chi connectivity index (χ1n) is 12.8. The molecule has 0 radical (unpaired) electrons. The minimum absolute atomic E-state index is 0.163. The Bertz CT molecular complexity index is 945. The predicted octanol–water partition coefficient (Wildman–Crippen LogP) is 1.67. The van der Waals surface area contributed by atoms with E-state index in [0.717, 1.165) is 18.7 Å². The van der Waals surface area contributed by atoms with Crippen molar-refractivity contribution in [1.29, 1.82) is 0 Å². The van der Waals surface area contributed by atoms with Crippen molar-refractivity contribution in [3.63, 3.8) is 0 Å². The van der Waals surface area contributed by atoms with Crippen molar-refractivity contribution in [2.45, 2.75) is 56.5 Å². The standard InChI is InChI=1S/C24H40N6O3S/c1-23(6-7-23)29-10-4-20(5-11-29)18-33-22-17-25-21(16-26-22)28-12-14-30(15-13-28)34(31,32)19-24(8-9-24)27(2)3/h16-17,20H,4-15,18-19H2,1-3H3. The Hall–Kier alpha value is -1.49. The van der Waals surface area contributed by atoms with Gasteiger partial charge in [0.2, 0.25) is 15.9 Å². The summed E-state index contributed by atoms with van der Waals surface area (Å²) < 4.78 is 33.5. The number of hydrogen-bond donors (Lipinski definition) is 0. The SMILES string of the molecule is CN(C)C1(CS(=O)(=O)N2CCN(c3cnc(OCC4CCN(C5(C)CC5)CC4)cn3)CC2)CC1. The van der Waals surface area contributed by atoms with E-state index in [9.17, 15) is 8.42 Å². The Balaban J connectivity index is 1.06. The highest BCUT2D eigenvalue weighted by Crippen LogP contribution is 2.43. The predicted molar refractivity (Wildman–Crippen MR) is 133 cm³/mol. The van der Waals surface area contributed by atoms with Gasteiger partial charge in [-0.05, 0) is 78.6 Å². The van der Waals surface area contributed by atoms with Crippen LogP contribution in [0.25, 0.3) is 0 Å². The smallest absolute Gasteiger partial charge is 0.232 e. The van der Waals surface area contributed by atoms with E-state index in [2.05, 4.69) is 31.6 Å². The fraction of sp³-hybridized carbons (Fsp3) is 0.833. The maximum atomic E-state index is 12.9. The van der Waals surface area contributed by atoms with Crippen molar-refractivity contribution in [3.8, 4) is 5.88 Å². The molecule has 190 valence electrons. The highest BCUT2D eigenvalue weighted by atomic mass is 32.2. The molecule has 0 aromatic carbocycles. The van der Waals surface area contributed by atoms with Crippen molar-refractivity contribution in [3.05, 3.63) is 12.4 Å². The molecule has 0 bridgehead atoms. The van der Waals surface area contributed by atoms with Crippen LogP contribution in [0.15, 0.2) is 12.4 Å². The summed E-state index contributed by atoms with van der Waals surface area (Å²) >= 11 is 0. The van der Waals surface area contributed by atoms with Gasteiger partial charge in [0.05, 0.1) is 24.8 Å². The van der Waals surface area contributed by atoms with Crippen LogP contribution in [-0.2, 0) is 10.0 Å². The second-order valence-corrected chi connectivity index (χ2v) is 13.2. The van der Waals surface area contributed by atoms with Gasteiger partial charge >= 0.3 is 0 Å². The van der Waals surface area contributed by atoms with Gasteiger partial charge < -0.3 is 14.5 Å². The van der Waals surface area contributed by atoms with Crippen molar-refractivity contribution in [2.75, 3.05) is 70.6 Å². The molecule has 4 fully saturated rings.